The molecule has 0 aliphatic carbocycles. The fourth-order valence-electron chi connectivity index (χ4n) is 3.24. The van der Waals surface area contributed by atoms with E-state index in [1.165, 1.54) is 24.3 Å². The summed E-state index contributed by atoms with van der Waals surface area (Å²) in [6.07, 6.45) is 0.824. The van der Waals surface area contributed by atoms with Gasteiger partial charge in [-0.15, -0.1) is 0 Å². The Labute approximate surface area is 156 Å². The molecule has 1 aliphatic rings. The van der Waals surface area contributed by atoms with Crippen LogP contribution in [0.25, 0.3) is 0 Å². The molecule has 0 bridgehead atoms. The molecule has 27 heavy (non-hydrogen) atoms. The van der Waals surface area contributed by atoms with E-state index in [9.17, 15) is 13.6 Å². The normalized spacial score (nSPS) is 15.7. The Kier molecular flexibility index (Phi) is 5.09. The summed E-state index contributed by atoms with van der Waals surface area (Å²) in [5.41, 5.74) is 1.46. The largest absolute Gasteiger partial charge is 0.487 e. The van der Waals surface area contributed by atoms with Crippen LogP contribution in [0.3, 0.4) is 0 Å². The highest BCUT2D eigenvalue weighted by molar-refractivity contribution is 5.69. The third kappa shape index (κ3) is 4.38. The maximum absolute atomic E-state index is 14.3. The van der Waals surface area contributed by atoms with Crippen molar-refractivity contribution in [2.75, 3.05) is 0 Å². The molecule has 1 heterocycles. The molecule has 0 fully saturated rings. The third-order valence-electron chi connectivity index (χ3n) is 4.54. The minimum Gasteiger partial charge on any atom is -0.487 e. The van der Waals surface area contributed by atoms with Gasteiger partial charge in [-0.05, 0) is 50.1 Å². The first kappa shape index (κ1) is 19.1. The average Bonchev–Trinajstić information content (AvgIpc) is 2.87. The Morgan fingerprint density at radius 3 is 2.70 bits per heavy atom. The molecule has 0 radical (unpaired) electrons. The second-order valence-electron chi connectivity index (χ2n) is 7.59. The van der Waals surface area contributed by atoms with Crippen molar-refractivity contribution >= 4 is 5.97 Å². The standard InChI is InChI=1S/C21H22F2O4/c1-12(20(24)25)6-13-4-5-18(17(23)7-13)26-11-15-9-16(22)8-14-10-21(2,3)27-19(14)15/h4-5,7-9,12H,6,10-11H2,1-3H3,(H,24,25). The van der Waals surface area contributed by atoms with Crippen molar-refractivity contribution in [3.63, 3.8) is 0 Å². The number of carbonyl (C=O) groups is 1. The van der Waals surface area contributed by atoms with Gasteiger partial charge in [0, 0.05) is 17.5 Å². The van der Waals surface area contributed by atoms with Crippen molar-refractivity contribution in [3.8, 4) is 11.5 Å². The van der Waals surface area contributed by atoms with Gasteiger partial charge in [0.1, 0.15) is 23.8 Å². The molecule has 2 aromatic carbocycles. The summed E-state index contributed by atoms with van der Waals surface area (Å²) in [6, 6.07) is 7.15. The monoisotopic (exact) mass is 376 g/mol. The van der Waals surface area contributed by atoms with Crippen LogP contribution in [-0.4, -0.2) is 16.7 Å². The van der Waals surface area contributed by atoms with E-state index in [2.05, 4.69) is 0 Å². The highest BCUT2D eigenvalue weighted by Gasteiger charge is 2.32. The summed E-state index contributed by atoms with van der Waals surface area (Å²) in [5.74, 6) is -1.89. The lowest BCUT2D eigenvalue weighted by Crippen LogP contribution is -2.25. The average molecular weight is 376 g/mol. The molecule has 2 aromatic rings. The molecule has 0 spiro atoms. The fourth-order valence-corrected chi connectivity index (χ4v) is 3.24. The topological polar surface area (TPSA) is 55.8 Å². The summed E-state index contributed by atoms with van der Waals surface area (Å²) in [7, 11) is 0. The van der Waals surface area contributed by atoms with E-state index in [-0.39, 0.29) is 24.6 Å². The quantitative estimate of drug-likeness (QED) is 0.805. The van der Waals surface area contributed by atoms with Crippen LogP contribution in [0, 0.1) is 17.6 Å². The molecular weight excluding hydrogens is 354 g/mol. The van der Waals surface area contributed by atoms with E-state index in [1.807, 2.05) is 13.8 Å². The van der Waals surface area contributed by atoms with Gasteiger partial charge in [0.25, 0.3) is 0 Å². The van der Waals surface area contributed by atoms with E-state index >= 15 is 0 Å². The zero-order valence-electron chi connectivity index (χ0n) is 15.5. The summed E-state index contributed by atoms with van der Waals surface area (Å²) in [6.45, 7) is 5.38. The van der Waals surface area contributed by atoms with Crippen molar-refractivity contribution < 1.29 is 28.2 Å². The minimum atomic E-state index is -0.932. The Morgan fingerprint density at radius 1 is 1.30 bits per heavy atom. The van der Waals surface area contributed by atoms with E-state index in [4.69, 9.17) is 14.6 Å². The number of carboxylic acids is 1. The van der Waals surface area contributed by atoms with Gasteiger partial charge in [0.2, 0.25) is 0 Å². The summed E-state index contributed by atoms with van der Waals surface area (Å²) < 4.78 is 39.6. The van der Waals surface area contributed by atoms with Gasteiger partial charge >= 0.3 is 5.97 Å². The van der Waals surface area contributed by atoms with Crippen LogP contribution in [0.15, 0.2) is 30.3 Å². The van der Waals surface area contributed by atoms with E-state index in [0.717, 1.165) is 5.56 Å². The Hall–Kier alpha value is -2.63. The lowest BCUT2D eigenvalue weighted by atomic mass is 10.0. The predicted octanol–water partition coefficient (Wildman–Crippen LogP) is 4.52. The molecule has 0 aromatic heterocycles. The van der Waals surface area contributed by atoms with Crippen LogP contribution >= 0.6 is 0 Å². The van der Waals surface area contributed by atoms with E-state index < -0.39 is 23.3 Å². The molecule has 0 saturated carbocycles. The van der Waals surface area contributed by atoms with Gasteiger partial charge in [-0.3, -0.25) is 4.79 Å². The third-order valence-corrected chi connectivity index (χ3v) is 4.54. The first-order valence-electron chi connectivity index (χ1n) is 8.79. The van der Waals surface area contributed by atoms with Crippen LogP contribution in [0.4, 0.5) is 8.78 Å². The first-order valence-corrected chi connectivity index (χ1v) is 8.79. The minimum absolute atomic E-state index is 0.0250. The lowest BCUT2D eigenvalue weighted by molar-refractivity contribution is -0.141. The molecular formula is C21H22F2O4. The Bertz CT molecular complexity index is 877. The number of hydrogen-bond donors (Lipinski definition) is 1. The second-order valence-corrected chi connectivity index (χ2v) is 7.59. The number of aliphatic carboxylic acids is 1. The number of carboxylic acid groups (broad SMARTS) is 1. The van der Waals surface area contributed by atoms with Gasteiger partial charge in [0.05, 0.1) is 5.92 Å². The maximum atomic E-state index is 14.3. The maximum Gasteiger partial charge on any atom is 0.306 e. The number of halogens is 2. The molecule has 1 atom stereocenters. The van der Waals surface area contributed by atoms with Crippen LogP contribution in [-0.2, 0) is 24.2 Å². The Balaban J connectivity index is 1.74. The smallest absolute Gasteiger partial charge is 0.306 e. The molecule has 1 aliphatic heterocycles. The van der Waals surface area contributed by atoms with Gasteiger partial charge in [-0.2, -0.15) is 0 Å². The van der Waals surface area contributed by atoms with Crippen molar-refractivity contribution in [1.29, 1.82) is 0 Å². The SMILES string of the molecule is CC(Cc1ccc(OCc2cc(F)cc3c2OC(C)(C)C3)c(F)c1)C(=O)O. The fraction of sp³-hybridized carbons (Fsp3) is 0.381. The van der Waals surface area contributed by atoms with Gasteiger partial charge in [-0.1, -0.05) is 13.0 Å². The Morgan fingerprint density at radius 2 is 2.04 bits per heavy atom. The summed E-state index contributed by atoms with van der Waals surface area (Å²) in [4.78, 5) is 10.9. The summed E-state index contributed by atoms with van der Waals surface area (Å²) in [5, 5.41) is 8.95. The van der Waals surface area contributed by atoms with E-state index in [0.29, 0.717) is 23.3 Å². The van der Waals surface area contributed by atoms with Crippen LogP contribution in [0.5, 0.6) is 11.5 Å². The molecule has 3 rings (SSSR count). The highest BCUT2D eigenvalue weighted by atomic mass is 19.1. The van der Waals surface area contributed by atoms with E-state index in [1.54, 1.807) is 13.0 Å². The zero-order valence-corrected chi connectivity index (χ0v) is 15.5. The molecule has 0 saturated heterocycles. The van der Waals surface area contributed by atoms with Gasteiger partial charge in [-0.25, -0.2) is 8.78 Å². The molecule has 4 nitrogen and oxygen atoms in total. The molecule has 144 valence electrons. The summed E-state index contributed by atoms with van der Waals surface area (Å²) >= 11 is 0. The first-order chi connectivity index (χ1) is 12.6. The molecule has 6 heteroatoms. The highest BCUT2D eigenvalue weighted by Crippen LogP contribution is 2.38. The number of ether oxygens (including phenoxy) is 2. The lowest BCUT2D eigenvalue weighted by Gasteiger charge is -2.18. The van der Waals surface area contributed by atoms with Crippen molar-refractivity contribution in [2.45, 2.75) is 45.8 Å². The van der Waals surface area contributed by atoms with Crippen molar-refractivity contribution in [2.24, 2.45) is 5.92 Å². The number of rotatable bonds is 6. The molecule has 1 unspecified atom stereocenters. The number of benzene rings is 2. The molecule has 0 amide bonds. The zero-order chi connectivity index (χ0) is 19.8. The van der Waals surface area contributed by atoms with Crippen LogP contribution in [0.1, 0.15) is 37.5 Å². The predicted molar refractivity (Wildman–Crippen MR) is 96.0 cm³/mol. The number of hydrogen-bond acceptors (Lipinski definition) is 3. The number of fused-ring (bicyclic) bond motifs is 1. The van der Waals surface area contributed by atoms with Crippen molar-refractivity contribution in [3.05, 3.63) is 58.7 Å². The van der Waals surface area contributed by atoms with Crippen molar-refractivity contribution in [1.82, 2.24) is 0 Å². The molecule has 1 N–H and O–H groups in total. The van der Waals surface area contributed by atoms with Crippen LogP contribution in [0.2, 0.25) is 0 Å². The van der Waals surface area contributed by atoms with Gasteiger partial charge < -0.3 is 14.6 Å². The van der Waals surface area contributed by atoms with Gasteiger partial charge in [0.15, 0.2) is 11.6 Å². The van der Waals surface area contributed by atoms with Crippen LogP contribution < -0.4 is 9.47 Å². The second kappa shape index (κ2) is 7.18.